The predicted octanol–water partition coefficient (Wildman–Crippen LogP) is 5.43. The number of carbonyl (C=O) groups excluding carboxylic acids is 1. The molecule has 0 heterocycles. The highest BCUT2D eigenvalue weighted by Gasteiger charge is 2.12. The number of amides is 1. The van der Waals surface area contributed by atoms with Gasteiger partial charge in [-0.3, -0.25) is 9.80 Å². The fourth-order valence-electron chi connectivity index (χ4n) is 2.73. The van der Waals surface area contributed by atoms with Crippen molar-refractivity contribution in [2.45, 2.75) is 52.7 Å². The normalized spacial score (nSPS) is 11.4. The zero-order chi connectivity index (χ0) is 19.8. The summed E-state index contributed by atoms with van der Waals surface area (Å²) in [6, 6.07) is 16.0. The van der Waals surface area contributed by atoms with Crippen molar-refractivity contribution in [3.05, 3.63) is 64.1 Å². The van der Waals surface area contributed by atoms with Crippen LogP contribution in [0.5, 0.6) is 0 Å². The first-order valence-corrected chi connectivity index (χ1v) is 9.95. The van der Waals surface area contributed by atoms with Crippen LogP contribution in [-0.4, -0.2) is 23.0 Å². The number of hydrogen-bond acceptors (Lipinski definition) is 3. The summed E-state index contributed by atoms with van der Waals surface area (Å²) in [5.41, 5.74) is 2.67. The summed E-state index contributed by atoms with van der Waals surface area (Å²) >= 11 is 3.49. The van der Waals surface area contributed by atoms with Gasteiger partial charge in [-0.25, -0.2) is 0 Å². The molecular formula is C21H27BrN4O. The maximum Gasteiger partial charge on any atom is 0.224 e. The fraction of sp³-hybridized carbons (Fsp3) is 0.381. The number of rotatable bonds is 8. The summed E-state index contributed by atoms with van der Waals surface area (Å²) < 4.78 is 0.943. The van der Waals surface area contributed by atoms with Crippen molar-refractivity contribution in [3.63, 3.8) is 0 Å². The highest BCUT2D eigenvalue weighted by molar-refractivity contribution is 9.10. The molecule has 2 aromatic rings. The second-order valence-corrected chi connectivity index (χ2v) is 7.88. The lowest BCUT2D eigenvalue weighted by molar-refractivity contribution is -0.120. The third-order valence-corrected chi connectivity index (χ3v) is 4.53. The molecule has 0 aliphatic carbocycles. The molecule has 0 unspecified atom stereocenters. The van der Waals surface area contributed by atoms with Crippen molar-refractivity contribution < 1.29 is 4.79 Å². The number of nitrogens with one attached hydrogen (secondary N) is 1. The van der Waals surface area contributed by atoms with E-state index in [1.54, 1.807) is 0 Å². The molecule has 6 heteroatoms. The van der Waals surface area contributed by atoms with Crippen LogP contribution in [0, 0.1) is 0 Å². The smallest absolute Gasteiger partial charge is 0.224 e. The van der Waals surface area contributed by atoms with Crippen LogP contribution in [0.1, 0.15) is 38.8 Å². The predicted molar refractivity (Wildman–Crippen MR) is 113 cm³/mol. The lowest BCUT2D eigenvalue weighted by atomic mass is 10.1. The van der Waals surface area contributed by atoms with Crippen LogP contribution in [0.3, 0.4) is 0 Å². The molecule has 0 atom stereocenters. The molecule has 0 bridgehead atoms. The second-order valence-electron chi connectivity index (χ2n) is 6.97. The fourth-order valence-corrected chi connectivity index (χ4v) is 3.14. The van der Waals surface area contributed by atoms with Gasteiger partial charge in [-0.1, -0.05) is 51.5 Å². The summed E-state index contributed by atoms with van der Waals surface area (Å²) in [4.78, 5) is 12.2. The van der Waals surface area contributed by atoms with Gasteiger partial charge in [0, 0.05) is 23.1 Å². The standard InChI is InChI=1S/C21H27BrN4O/c1-15(2)26(16(3)4)25-24-20-11-10-19(22)13-18(20)14-23-21(27)12-17-8-6-5-7-9-17/h5-11,13,15-16H,12,14H2,1-4H3,(H,23,27). The summed E-state index contributed by atoms with van der Waals surface area (Å²) in [5, 5.41) is 13.8. The van der Waals surface area contributed by atoms with Gasteiger partial charge in [0.1, 0.15) is 0 Å². The van der Waals surface area contributed by atoms with E-state index in [9.17, 15) is 4.79 Å². The molecule has 144 valence electrons. The van der Waals surface area contributed by atoms with Crippen molar-refractivity contribution in [3.8, 4) is 0 Å². The number of hydrogen-bond donors (Lipinski definition) is 1. The van der Waals surface area contributed by atoms with Crippen molar-refractivity contribution in [1.29, 1.82) is 0 Å². The highest BCUT2D eigenvalue weighted by Crippen LogP contribution is 2.25. The van der Waals surface area contributed by atoms with Gasteiger partial charge in [0.05, 0.1) is 12.1 Å². The average Bonchev–Trinajstić information content (AvgIpc) is 2.61. The third kappa shape index (κ3) is 6.79. The Bertz CT molecular complexity index is 767. The molecular weight excluding hydrogens is 404 g/mol. The van der Waals surface area contributed by atoms with Gasteiger partial charge in [0.25, 0.3) is 0 Å². The lowest BCUT2D eigenvalue weighted by Gasteiger charge is -2.25. The van der Waals surface area contributed by atoms with Crippen molar-refractivity contribution in [2.24, 2.45) is 10.3 Å². The SMILES string of the molecule is CC(C)N(N=Nc1ccc(Br)cc1CNC(=O)Cc1ccccc1)C(C)C. The number of nitrogens with zero attached hydrogens (tertiary/aromatic N) is 3. The van der Waals surface area contributed by atoms with Gasteiger partial charge in [0.15, 0.2) is 0 Å². The summed E-state index contributed by atoms with van der Waals surface area (Å²) in [6.07, 6.45) is 0.361. The Labute approximate surface area is 170 Å². The molecule has 2 rings (SSSR count). The lowest BCUT2D eigenvalue weighted by Crippen LogP contribution is -2.31. The quantitative estimate of drug-likeness (QED) is 0.448. The maximum atomic E-state index is 12.2. The van der Waals surface area contributed by atoms with E-state index in [1.807, 2.05) is 53.5 Å². The number of halogens is 1. The van der Waals surface area contributed by atoms with Crippen LogP contribution >= 0.6 is 15.9 Å². The molecule has 0 saturated carbocycles. The zero-order valence-corrected chi connectivity index (χ0v) is 17.9. The molecule has 0 saturated heterocycles. The first-order valence-electron chi connectivity index (χ1n) is 9.16. The van der Waals surface area contributed by atoms with Crippen molar-refractivity contribution in [1.82, 2.24) is 10.3 Å². The molecule has 0 radical (unpaired) electrons. The Morgan fingerprint density at radius 2 is 1.74 bits per heavy atom. The van der Waals surface area contributed by atoms with Crippen LogP contribution < -0.4 is 5.32 Å². The van der Waals surface area contributed by atoms with Gasteiger partial charge in [0.2, 0.25) is 5.91 Å². The van der Waals surface area contributed by atoms with Gasteiger partial charge in [-0.15, -0.1) is 5.11 Å². The Balaban J connectivity index is 2.08. The molecule has 1 amide bonds. The topological polar surface area (TPSA) is 57.1 Å². The summed E-state index contributed by atoms with van der Waals surface area (Å²) in [7, 11) is 0. The van der Waals surface area contributed by atoms with Gasteiger partial charge >= 0.3 is 0 Å². The second kappa shape index (κ2) is 10.2. The van der Waals surface area contributed by atoms with Gasteiger partial charge in [-0.2, -0.15) is 0 Å². The van der Waals surface area contributed by atoms with Crippen LogP contribution in [0.15, 0.2) is 63.3 Å². The van der Waals surface area contributed by atoms with Crippen LogP contribution in [-0.2, 0) is 17.8 Å². The molecule has 5 nitrogen and oxygen atoms in total. The first-order chi connectivity index (χ1) is 12.9. The minimum atomic E-state index is -0.0185. The molecule has 27 heavy (non-hydrogen) atoms. The minimum absolute atomic E-state index is 0.0185. The first kappa shape index (κ1) is 21.1. The monoisotopic (exact) mass is 430 g/mol. The number of benzene rings is 2. The summed E-state index contributed by atoms with van der Waals surface area (Å²) in [6.45, 7) is 8.76. The molecule has 0 fully saturated rings. The van der Waals surface area contributed by atoms with Crippen LogP contribution in [0.4, 0.5) is 5.69 Å². The van der Waals surface area contributed by atoms with E-state index in [0.29, 0.717) is 13.0 Å². The molecule has 1 N–H and O–H groups in total. The van der Waals surface area contributed by atoms with Crippen LogP contribution in [0.2, 0.25) is 0 Å². The van der Waals surface area contributed by atoms with Crippen molar-refractivity contribution in [2.75, 3.05) is 0 Å². The van der Waals surface area contributed by atoms with Gasteiger partial charge in [-0.05, 0) is 57.0 Å². The molecule has 2 aromatic carbocycles. The average molecular weight is 431 g/mol. The Kier molecular flexibility index (Phi) is 7.98. The van der Waals surface area contributed by atoms with E-state index >= 15 is 0 Å². The number of carbonyl (C=O) groups is 1. The maximum absolute atomic E-state index is 12.2. The molecule has 0 spiro atoms. The molecule has 0 aromatic heterocycles. The van der Waals surface area contributed by atoms with E-state index in [0.717, 1.165) is 21.3 Å². The van der Waals surface area contributed by atoms with E-state index in [1.165, 1.54) is 0 Å². The van der Waals surface area contributed by atoms with E-state index in [-0.39, 0.29) is 18.0 Å². The largest absolute Gasteiger partial charge is 0.352 e. The zero-order valence-electron chi connectivity index (χ0n) is 16.3. The van der Waals surface area contributed by atoms with Gasteiger partial charge < -0.3 is 5.32 Å². The Morgan fingerprint density at radius 3 is 2.37 bits per heavy atom. The molecule has 0 aliphatic heterocycles. The Hall–Kier alpha value is -2.21. The van der Waals surface area contributed by atoms with Crippen LogP contribution in [0.25, 0.3) is 0 Å². The Morgan fingerprint density at radius 1 is 1.07 bits per heavy atom. The van der Waals surface area contributed by atoms with E-state index in [2.05, 4.69) is 59.3 Å². The highest BCUT2D eigenvalue weighted by atomic mass is 79.9. The molecule has 0 aliphatic rings. The summed E-state index contributed by atoms with van der Waals surface area (Å²) in [5.74, 6) is -0.0185. The minimum Gasteiger partial charge on any atom is -0.352 e. The van der Waals surface area contributed by atoms with E-state index < -0.39 is 0 Å². The van der Waals surface area contributed by atoms with Crippen molar-refractivity contribution >= 4 is 27.5 Å². The third-order valence-electron chi connectivity index (χ3n) is 4.04. The van der Waals surface area contributed by atoms with E-state index in [4.69, 9.17) is 0 Å².